The van der Waals surface area contributed by atoms with E-state index < -0.39 is 0 Å². The molecule has 0 aliphatic rings. The van der Waals surface area contributed by atoms with E-state index >= 15 is 0 Å². The molecule has 3 nitrogen and oxygen atoms in total. The quantitative estimate of drug-likeness (QED) is 0.799. The average molecular weight is 340 g/mol. The van der Waals surface area contributed by atoms with Gasteiger partial charge < -0.3 is 15.2 Å². The van der Waals surface area contributed by atoms with E-state index in [-0.39, 0.29) is 6.10 Å². The Morgan fingerprint density at radius 2 is 1.77 bits per heavy atom. The highest BCUT2D eigenvalue weighted by molar-refractivity contribution is 6.35. The predicted octanol–water partition coefficient (Wildman–Crippen LogP) is 4.04. The topological polar surface area (TPSA) is 41.5 Å². The SMILES string of the molecule is C[C@@H](O)CNCc1ccccc1OCc1c(Cl)cccc1Cl. The highest BCUT2D eigenvalue weighted by Gasteiger charge is 2.08. The number of benzene rings is 2. The minimum absolute atomic E-state index is 0.311. The van der Waals surface area contributed by atoms with Crippen LogP contribution in [0.5, 0.6) is 5.75 Å². The first kappa shape index (κ1) is 17.1. The van der Waals surface area contributed by atoms with E-state index in [1.165, 1.54) is 0 Å². The molecule has 0 saturated heterocycles. The van der Waals surface area contributed by atoms with Gasteiger partial charge in [0.25, 0.3) is 0 Å². The summed E-state index contributed by atoms with van der Waals surface area (Å²) in [7, 11) is 0. The second kappa shape index (κ2) is 8.39. The molecule has 5 heteroatoms. The van der Waals surface area contributed by atoms with Crippen molar-refractivity contribution in [1.82, 2.24) is 5.32 Å². The molecule has 0 unspecified atom stereocenters. The number of halogens is 2. The van der Waals surface area contributed by atoms with Crippen LogP contribution in [0.2, 0.25) is 10.0 Å². The predicted molar refractivity (Wildman–Crippen MR) is 90.6 cm³/mol. The molecule has 2 aromatic rings. The first-order valence-electron chi connectivity index (χ1n) is 7.10. The van der Waals surface area contributed by atoms with E-state index in [9.17, 15) is 5.11 Å². The summed E-state index contributed by atoms with van der Waals surface area (Å²) in [5.41, 5.74) is 1.80. The number of ether oxygens (including phenoxy) is 1. The van der Waals surface area contributed by atoms with Crippen LogP contribution in [0.1, 0.15) is 18.1 Å². The third kappa shape index (κ3) is 4.89. The minimum atomic E-state index is -0.380. The zero-order chi connectivity index (χ0) is 15.9. The van der Waals surface area contributed by atoms with Crippen molar-refractivity contribution < 1.29 is 9.84 Å². The number of aliphatic hydroxyl groups is 1. The first-order chi connectivity index (χ1) is 10.6. The molecule has 118 valence electrons. The average Bonchev–Trinajstić information content (AvgIpc) is 2.48. The maximum absolute atomic E-state index is 9.29. The molecule has 0 fully saturated rings. The van der Waals surface area contributed by atoms with Crippen LogP contribution in [0.3, 0.4) is 0 Å². The summed E-state index contributed by atoms with van der Waals surface area (Å²) in [5, 5.41) is 13.7. The van der Waals surface area contributed by atoms with Gasteiger partial charge in [-0.25, -0.2) is 0 Å². The van der Waals surface area contributed by atoms with Gasteiger partial charge in [0.05, 0.1) is 6.10 Å². The fourth-order valence-corrected chi connectivity index (χ4v) is 2.53. The number of hydrogen-bond acceptors (Lipinski definition) is 3. The highest BCUT2D eigenvalue weighted by atomic mass is 35.5. The number of para-hydroxylation sites is 1. The van der Waals surface area contributed by atoms with Gasteiger partial charge in [0.2, 0.25) is 0 Å². The molecule has 2 rings (SSSR count). The number of nitrogens with one attached hydrogen (secondary N) is 1. The second-order valence-corrected chi connectivity index (χ2v) is 5.89. The van der Waals surface area contributed by atoms with Gasteiger partial charge in [0.1, 0.15) is 12.4 Å². The molecule has 0 radical (unpaired) electrons. The third-order valence-corrected chi connectivity index (χ3v) is 3.87. The Kier molecular flexibility index (Phi) is 6.52. The fraction of sp³-hybridized carbons (Fsp3) is 0.294. The summed E-state index contributed by atoms with van der Waals surface area (Å²) in [5.74, 6) is 0.775. The Labute approximate surface area is 140 Å². The largest absolute Gasteiger partial charge is 0.488 e. The van der Waals surface area contributed by atoms with Gasteiger partial charge in [-0.05, 0) is 25.1 Å². The molecule has 0 aliphatic heterocycles. The normalized spacial score (nSPS) is 12.2. The van der Waals surface area contributed by atoms with Gasteiger partial charge in [-0.1, -0.05) is 47.5 Å². The van der Waals surface area contributed by atoms with Crippen molar-refractivity contribution in [2.75, 3.05) is 6.54 Å². The number of hydrogen-bond donors (Lipinski definition) is 2. The van der Waals surface area contributed by atoms with Crippen molar-refractivity contribution in [3.63, 3.8) is 0 Å². The summed E-state index contributed by atoms with van der Waals surface area (Å²) in [6, 6.07) is 13.2. The lowest BCUT2D eigenvalue weighted by Crippen LogP contribution is -2.24. The Morgan fingerprint density at radius 3 is 2.45 bits per heavy atom. The molecule has 0 heterocycles. The molecule has 0 aliphatic carbocycles. The van der Waals surface area contributed by atoms with Gasteiger partial charge in [-0.2, -0.15) is 0 Å². The highest BCUT2D eigenvalue weighted by Crippen LogP contribution is 2.27. The molecule has 0 aromatic heterocycles. The van der Waals surface area contributed by atoms with Crippen molar-refractivity contribution in [3.05, 3.63) is 63.6 Å². The Balaban J connectivity index is 2.03. The molecular formula is C17H19Cl2NO2. The van der Waals surface area contributed by atoms with E-state index in [2.05, 4.69) is 5.32 Å². The van der Waals surface area contributed by atoms with Gasteiger partial charge in [0, 0.05) is 34.3 Å². The lowest BCUT2D eigenvalue weighted by atomic mass is 10.2. The number of aliphatic hydroxyl groups excluding tert-OH is 1. The minimum Gasteiger partial charge on any atom is -0.488 e. The Bertz CT molecular complexity index is 597. The van der Waals surface area contributed by atoms with Gasteiger partial charge in [0.15, 0.2) is 0 Å². The van der Waals surface area contributed by atoms with E-state index in [0.29, 0.717) is 29.7 Å². The second-order valence-electron chi connectivity index (χ2n) is 5.08. The van der Waals surface area contributed by atoms with Crippen molar-refractivity contribution in [3.8, 4) is 5.75 Å². The van der Waals surface area contributed by atoms with Crippen molar-refractivity contribution >= 4 is 23.2 Å². The fourth-order valence-electron chi connectivity index (χ4n) is 2.03. The first-order valence-corrected chi connectivity index (χ1v) is 7.86. The van der Waals surface area contributed by atoms with Crippen molar-refractivity contribution in [2.45, 2.75) is 26.2 Å². The lowest BCUT2D eigenvalue weighted by molar-refractivity contribution is 0.190. The van der Waals surface area contributed by atoms with Crippen LogP contribution in [0.15, 0.2) is 42.5 Å². The molecule has 0 saturated carbocycles. The summed E-state index contributed by atoms with van der Waals surface area (Å²) in [6.45, 7) is 3.21. The van der Waals surface area contributed by atoms with E-state index in [0.717, 1.165) is 16.9 Å². The molecule has 0 amide bonds. The molecule has 2 aromatic carbocycles. The monoisotopic (exact) mass is 339 g/mol. The van der Waals surface area contributed by atoms with Crippen LogP contribution in [0.4, 0.5) is 0 Å². The summed E-state index contributed by atoms with van der Waals surface area (Å²) in [4.78, 5) is 0. The molecular weight excluding hydrogens is 321 g/mol. The van der Waals surface area contributed by atoms with Crippen LogP contribution in [0.25, 0.3) is 0 Å². The molecule has 2 N–H and O–H groups in total. The van der Waals surface area contributed by atoms with E-state index in [4.69, 9.17) is 27.9 Å². The van der Waals surface area contributed by atoms with Gasteiger partial charge >= 0.3 is 0 Å². The van der Waals surface area contributed by atoms with Crippen LogP contribution >= 0.6 is 23.2 Å². The van der Waals surface area contributed by atoms with E-state index in [1.54, 1.807) is 19.1 Å². The van der Waals surface area contributed by atoms with E-state index in [1.807, 2.05) is 30.3 Å². The van der Waals surface area contributed by atoms with Gasteiger partial charge in [-0.15, -0.1) is 0 Å². The zero-order valence-corrected chi connectivity index (χ0v) is 13.9. The molecule has 0 bridgehead atoms. The summed E-state index contributed by atoms with van der Waals surface area (Å²) < 4.78 is 5.87. The lowest BCUT2D eigenvalue weighted by Gasteiger charge is -2.14. The zero-order valence-electron chi connectivity index (χ0n) is 12.4. The maximum atomic E-state index is 9.29. The summed E-state index contributed by atoms with van der Waals surface area (Å²) in [6.07, 6.45) is -0.380. The molecule has 22 heavy (non-hydrogen) atoms. The third-order valence-electron chi connectivity index (χ3n) is 3.16. The number of rotatable bonds is 7. The van der Waals surface area contributed by atoms with Gasteiger partial charge in [-0.3, -0.25) is 0 Å². The van der Waals surface area contributed by atoms with Crippen molar-refractivity contribution in [1.29, 1.82) is 0 Å². The Morgan fingerprint density at radius 1 is 1.09 bits per heavy atom. The Hall–Kier alpha value is -1.26. The van der Waals surface area contributed by atoms with Crippen LogP contribution in [-0.2, 0) is 13.2 Å². The summed E-state index contributed by atoms with van der Waals surface area (Å²) >= 11 is 12.3. The smallest absolute Gasteiger partial charge is 0.124 e. The van der Waals surface area contributed by atoms with Crippen LogP contribution < -0.4 is 10.1 Å². The molecule has 0 spiro atoms. The molecule has 1 atom stereocenters. The maximum Gasteiger partial charge on any atom is 0.124 e. The van der Waals surface area contributed by atoms with Crippen LogP contribution in [-0.4, -0.2) is 17.8 Å². The standard InChI is InChI=1S/C17H19Cl2NO2/c1-12(21)9-20-10-13-5-2-3-8-17(13)22-11-14-15(18)6-4-7-16(14)19/h2-8,12,20-21H,9-11H2,1H3/t12-/m1/s1. The van der Waals surface area contributed by atoms with Crippen LogP contribution in [0, 0.1) is 0 Å². The van der Waals surface area contributed by atoms with Crippen molar-refractivity contribution in [2.24, 2.45) is 0 Å².